The van der Waals surface area contributed by atoms with E-state index in [0.717, 1.165) is 12.2 Å². The molecule has 0 aromatic heterocycles. The van der Waals surface area contributed by atoms with Crippen LogP contribution < -0.4 is 0 Å². The first-order valence-corrected chi connectivity index (χ1v) is 10.2. The highest BCUT2D eigenvalue weighted by Gasteiger charge is 2.56. The normalized spacial score (nSPS) is 28.5. The molecule has 2 aliphatic rings. The van der Waals surface area contributed by atoms with Crippen molar-refractivity contribution < 1.29 is 39.5 Å². The first kappa shape index (κ1) is 24.9. The Morgan fingerprint density at radius 1 is 1.19 bits per heavy atom. The van der Waals surface area contributed by atoms with Gasteiger partial charge in [0, 0.05) is 23.6 Å². The van der Waals surface area contributed by atoms with Crippen LogP contribution in [-0.4, -0.2) is 49.7 Å². The molecule has 32 heavy (non-hydrogen) atoms. The van der Waals surface area contributed by atoms with Crippen LogP contribution in [0.5, 0.6) is 0 Å². The largest absolute Gasteiger partial charge is 0.508 e. The lowest BCUT2D eigenvalue weighted by molar-refractivity contribution is -0.145. The molecule has 1 aliphatic carbocycles. The van der Waals surface area contributed by atoms with Crippen molar-refractivity contribution in [2.24, 2.45) is 5.92 Å². The molecule has 8 heteroatoms. The number of carboxylic acid groups (broad SMARTS) is 1. The molecule has 1 aliphatic heterocycles. The van der Waals surface area contributed by atoms with E-state index in [1.165, 1.54) is 26.0 Å². The minimum Gasteiger partial charge on any atom is -0.508 e. The third kappa shape index (κ3) is 4.60. The number of Topliss-reactive ketones (excluding diaryl/α,β-unsaturated/α-hetero) is 2. The van der Waals surface area contributed by atoms with Crippen molar-refractivity contribution >= 4 is 17.5 Å². The highest BCUT2D eigenvalue weighted by Crippen LogP contribution is 2.45. The molecule has 2 rings (SSSR count). The number of ketones is 2. The van der Waals surface area contributed by atoms with Crippen molar-refractivity contribution in [1.29, 1.82) is 0 Å². The second-order valence-corrected chi connectivity index (χ2v) is 7.77. The molecule has 0 fully saturated rings. The summed E-state index contributed by atoms with van der Waals surface area (Å²) in [6.45, 7) is 6.11. The summed E-state index contributed by atoms with van der Waals surface area (Å²) >= 11 is 0. The minimum atomic E-state index is -2.18. The lowest BCUT2D eigenvalue weighted by Crippen LogP contribution is -2.54. The molecule has 0 saturated carbocycles. The highest BCUT2D eigenvalue weighted by atomic mass is 16.5. The summed E-state index contributed by atoms with van der Waals surface area (Å²) < 4.78 is 5.83. The van der Waals surface area contributed by atoms with Gasteiger partial charge in [-0.1, -0.05) is 25.2 Å². The Bertz CT molecular complexity index is 1000. The van der Waals surface area contributed by atoms with E-state index in [0.29, 0.717) is 12.8 Å². The Morgan fingerprint density at radius 3 is 2.41 bits per heavy atom. The zero-order valence-corrected chi connectivity index (χ0v) is 18.5. The molecule has 0 spiro atoms. The maximum atomic E-state index is 13.2. The molecule has 0 unspecified atom stereocenters. The number of aliphatic hydroxyl groups is 3. The van der Waals surface area contributed by atoms with E-state index in [-0.39, 0.29) is 22.5 Å². The maximum absolute atomic E-state index is 13.2. The predicted molar refractivity (Wildman–Crippen MR) is 117 cm³/mol. The summed E-state index contributed by atoms with van der Waals surface area (Å²) in [5.41, 5.74) is -2.54. The van der Waals surface area contributed by atoms with Crippen molar-refractivity contribution in [2.45, 2.75) is 52.2 Å². The van der Waals surface area contributed by atoms with Gasteiger partial charge in [0.05, 0.1) is 11.5 Å². The summed E-state index contributed by atoms with van der Waals surface area (Å²) in [6, 6.07) is 0. The van der Waals surface area contributed by atoms with Crippen LogP contribution in [0.15, 0.2) is 70.5 Å². The number of carbonyl (C=O) groups is 3. The number of ether oxygens (including phenoxy) is 1. The van der Waals surface area contributed by atoms with Crippen LogP contribution in [0.4, 0.5) is 0 Å². The van der Waals surface area contributed by atoms with E-state index in [9.17, 15) is 29.7 Å². The second kappa shape index (κ2) is 9.82. The highest BCUT2D eigenvalue weighted by molar-refractivity contribution is 6.08. The van der Waals surface area contributed by atoms with Crippen LogP contribution in [0.1, 0.15) is 40.5 Å². The number of carboxylic acids is 1. The molecule has 172 valence electrons. The van der Waals surface area contributed by atoms with Crippen molar-refractivity contribution in [2.75, 3.05) is 0 Å². The lowest BCUT2D eigenvalue weighted by atomic mass is 9.68. The number of aliphatic carboxylic acids is 1. The molecule has 0 aromatic carbocycles. The summed E-state index contributed by atoms with van der Waals surface area (Å²) in [4.78, 5) is 37.0. The van der Waals surface area contributed by atoms with E-state index in [4.69, 9.17) is 9.84 Å². The van der Waals surface area contributed by atoms with E-state index in [1.807, 2.05) is 6.92 Å². The number of carbonyl (C=O) groups excluding carboxylic acids is 2. The standard InChI is InChI=1S/C24H28O8/c1-5-7-8-10-15(25)18-19(24(4,31)23(30)13(3)20(18)28)22-21(29)14(11-12-17(26)27)16(32-22)9-6-2/h5,7-8,10-12,19,22,25,28,31H,6,9H2,1-4H3,(H,26,27)/b7-5+,10-8+,12-11-,18-15-/t19-,22-,24+/m1/s1. The molecule has 8 nitrogen and oxygen atoms in total. The average molecular weight is 444 g/mol. The van der Waals surface area contributed by atoms with Crippen molar-refractivity contribution in [3.8, 4) is 0 Å². The molecule has 0 radical (unpaired) electrons. The fourth-order valence-electron chi connectivity index (χ4n) is 3.86. The van der Waals surface area contributed by atoms with Crippen LogP contribution in [-0.2, 0) is 19.1 Å². The lowest BCUT2D eigenvalue weighted by Gasteiger charge is -2.40. The van der Waals surface area contributed by atoms with Gasteiger partial charge >= 0.3 is 5.97 Å². The number of hydrogen-bond acceptors (Lipinski definition) is 7. The van der Waals surface area contributed by atoms with Gasteiger partial charge in [-0.25, -0.2) is 4.79 Å². The molecule has 0 bridgehead atoms. The Kier molecular flexibility index (Phi) is 7.64. The summed E-state index contributed by atoms with van der Waals surface area (Å²) in [5, 5.41) is 41.5. The van der Waals surface area contributed by atoms with Crippen LogP contribution in [0.3, 0.4) is 0 Å². The van der Waals surface area contributed by atoms with Gasteiger partial charge in [0.25, 0.3) is 0 Å². The van der Waals surface area contributed by atoms with Crippen LogP contribution in [0.2, 0.25) is 0 Å². The first-order valence-electron chi connectivity index (χ1n) is 10.2. The van der Waals surface area contributed by atoms with Gasteiger partial charge in [0.2, 0.25) is 5.78 Å². The van der Waals surface area contributed by atoms with E-state index in [2.05, 4.69) is 0 Å². The fourth-order valence-corrected chi connectivity index (χ4v) is 3.86. The van der Waals surface area contributed by atoms with Gasteiger partial charge in [0.15, 0.2) is 11.9 Å². The van der Waals surface area contributed by atoms with E-state index >= 15 is 0 Å². The number of hydrogen-bond donors (Lipinski definition) is 4. The number of rotatable bonds is 7. The van der Waals surface area contributed by atoms with Crippen LogP contribution in [0, 0.1) is 5.92 Å². The van der Waals surface area contributed by atoms with Gasteiger partial charge in [-0.3, -0.25) is 9.59 Å². The van der Waals surface area contributed by atoms with E-state index < -0.39 is 46.7 Å². The molecular formula is C24H28O8. The van der Waals surface area contributed by atoms with Crippen molar-refractivity contribution in [3.63, 3.8) is 0 Å². The average Bonchev–Trinajstić information content (AvgIpc) is 3.02. The number of allylic oxidation sites excluding steroid dienone is 7. The quantitative estimate of drug-likeness (QED) is 0.266. The Labute approximate surface area is 186 Å². The molecule has 0 amide bonds. The van der Waals surface area contributed by atoms with Crippen LogP contribution in [0.25, 0.3) is 0 Å². The maximum Gasteiger partial charge on any atom is 0.328 e. The SMILES string of the molecule is C/C=C/C=C/C(O)=C1/C(O)=C(C)C(=O)[C@@](C)(O)[C@H]1[C@H]1OC(CCC)=C(/C=C\C(=O)O)C1=O. The zero-order valence-electron chi connectivity index (χ0n) is 18.5. The van der Waals surface area contributed by atoms with Gasteiger partial charge in [-0.05, 0) is 39.3 Å². The Balaban J connectivity index is 2.69. The monoisotopic (exact) mass is 444 g/mol. The molecule has 0 aromatic rings. The zero-order chi connectivity index (χ0) is 24.2. The summed E-state index contributed by atoms with van der Waals surface area (Å²) in [7, 11) is 0. The summed E-state index contributed by atoms with van der Waals surface area (Å²) in [5.74, 6) is -4.93. The Hall–Kier alpha value is -3.39. The fraction of sp³-hybridized carbons (Fsp3) is 0.375. The van der Waals surface area contributed by atoms with Crippen LogP contribution >= 0.6 is 0 Å². The molecule has 4 N–H and O–H groups in total. The van der Waals surface area contributed by atoms with Crippen molar-refractivity contribution in [1.82, 2.24) is 0 Å². The Morgan fingerprint density at radius 2 is 1.84 bits per heavy atom. The number of aliphatic hydroxyl groups excluding tert-OH is 2. The molecular weight excluding hydrogens is 416 g/mol. The van der Waals surface area contributed by atoms with Gasteiger partial charge < -0.3 is 25.2 Å². The molecule has 0 saturated heterocycles. The van der Waals surface area contributed by atoms with Crippen molar-refractivity contribution in [3.05, 3.63) is 70.5 Å². The minimum absolute atomic E-state index is 0.0107. The second-order valence-electron chi connectivity index (χ2n) is 7.77. The van der Waals surface area contributed by atoms with Gasteiger partial charge in [-0.15, -0.1) is 0 Å². The molecule has 3 atom stereocenters. The van der Waals surface area contributed by atoms with E-state index in [1.54, 1.807) is 19.1 Å². The smallest absolute Gasteiger partial charge is 0.328 e. The van der Waals surface area contributed by atoms with Gasteiger partial charge in [0.1, 0.15) is 22.9 Å². The van der Waals surface area contributed by atoms with Gasteiger partial charge in [-0.2, -0.15) is 0 Å². The topological polar surface area (TPSA) is 141 Å². The molecule has 1 heterocycles. The summed E-state index contributed by atoms with van der Waals surface area (Å²) in [6.07, 6.45) is 7.46. The first-order chi connectivity index (χ1) is 15.0. The predicted octanol–water partition coefficient (Wildman–Crippen LogP) is 3.38. The third-order valence-corrected chi connectivity index (χ3v) is 5.43. The third-order valence-electron chi connectivity index (χ3n) is 5.43.